The van der Waals surface area contributed by atoms with Gasteiger partial charge in [0, 0.05) is 11.6 Å². The molecule has 3 aromatic rings. The van der Waals surface area contributed by atoms with Crippen molar-refractivity contribution in [3.05, 3.63) is 70.4 Å². The lowest BCUT2D eigenvalue weighted by atomic mass is 10.0. The normalized spacial score (nSPS) is 12.5. The van der Waals surface area contributed by atoms with Crippen molar-refractivity contribution in [2.45, 2.75) is 30.7 Å². The molecule has 0 aliphatic rings. The Kier molecular flexibility index (Phi) is 6.53. The summed E-state index contributed by atoms with van der Waals surface area (Å²) in [5.41, 5.74) is 1.39. The molecular weight excluding hydrogens is 421 g/mol. The molecule has 0 saturated heterocycles. The largest absolute Gasteiger partial charge is 0.377 e. The fourth-order valence-corrected chi connectivity index (χ4v) is 4.93. The third kappa shape index (κ3) is 4.81. The minimum Gasteiger partial charge on any atom is -0.377 e. The number of hydrogen-bond donors (Lipinski definition) is 2. The number of thiazole rings is 1. The molecule has 2 N–H and O–H groups in total. The van der Waals surface area contributed by atoms with Crippen LogP contribution < -0.4 is 10.0 Å². The van der Waals surface area contributed by atoms with Crippen molar-refractivity contribution in [1.82, 2.24) is 4.98 Å². The molecule has 0 aliphatic carbocycles. The maximum atomic E-state index is 14.7. The Morgan fingerprint density at radius 3 is 2.64 bits per heavy atom. The van der Waals surface area contributed by atoms with Crippen LogP contribution in [0.3, 0.4) is 0 Å². The first-order valence-corrected chi connectivity index (χ1v) is 11.4. The summed E-state index contributed by atoms with van der Waals surface area (Å²) in [4.78, 5) is 3.33. The van der Waals surface area contributed by atoms with Crippen LogP contribution in [-0.4, -0.2) is 13.4 Å². The molecule has 3 rings (SSSR count). The van der Waals surface area contributed by atoms with Crippen LogP contribution in [0.5, 0.6) is 0 Å². The molecule has 2 aromatic carbocycles. The number of hydrogen-bond acceptors (Lipinski definition) is 5. The number of anilines is 2. The van der Waals surface area contributed by atoms with E-state index in [1.54, 1.807) is 5.38 Å². The minimum absolute atomic E-state index is 0.0704. The van der Waals surface area contributed by atoms with Gasteiger partial charge in [0.25, 0.3) is 10.0 Å². The Morgan fingerprint density at radius 1 is 1.25 bits per heavy atom. The lowest BCUT2D eigenvalue weighted by molar-refractivity contribution is 0.570. The van der Waals surface area contributed by atoms with Gasteiger partial charge in [-0.1, -0.05) is 55.3 Å². The maximum absolute atomic E-state index is 14.7. The SMILES string of the molecule is CCCC(Nc1cc(F)c(S(=O)(=O)Nc2nccs2)cc1Cl)c1ccccc1. The van der Waals surface area contributed by atoms with Crippen molar-refractivity contribution in [1.29, 1.82) is 0 Å². The summed E-state index contributed by atoms with van der Waals surface area (Å²) < 4.78 is 41.8. The van der Waals surface area contributed by atoms with Gasteiger partial charge in [-0.15, -0.1) is 11.3 Å². The van der Waals surface area contributed by atoms with Gasteiger partial charge in [0.05, 0.1) is 16.8 Å². The molecule has 1 atom stereocenters. The van der Waals surface area contributed by atoms with Gasteiger partial charge in [0.2, 0.25) is 0 Å². The van der Waals surface area contributed by atoms with E-state index in [1.165, 1.54) is 6.20 Å². The highest BCUT2D eigenvalue weighted by Gasteiger charge is 2.23. The first kappa shape index (κ1) is 20.6. The Balaban J connectivity index is 1.89. The molecule has 0 bridgehead atoms. The number of aromatic nitrogens is 1. The van der Waals surface area contributed by atoms with Crippen LogP contribution in [0, 0.1) is 5.82 Å². The number of nitrogens with zero attached hydrogens (tertiary/aromatic N) is 1. The second-order valence-electron chi connectivity index (χ2n) is 6.10. The molecule has 0 spiro atoms. The van der Waals surface area contributed by atoms with E-state index in [1.807, 2.05) is 30.3 Å². The summed E-state index contributed by atoms with van der Waals surface area (Å²) >= 11 is 7.39. The van der Waals surface area contributed by atoms with Gasteiger partial charge in [0.1, 0.15) is 10.7 Å². The van der Waals surface area contributed by atoms with Gasteiger partial charge in [-0.05, 0) is 24.1 Å². The minimum atomic E-state index is -4.13. The fraction of sp³-hybridized carbons (Fsp3) is 0.211. The summed E-state index contributed by atoms with van der Waals surface area (Å²) in [6.45, 7) is 2.06. The van der Waals surface area contributed by atoms with Crippen molar-refractivity contribution in [3.63, 3.8) is 0 Å². The van der Waals surface area contributed by atoms with Gasteiger partial charge in [-0.3, -0.25) is 4.72 Å². The summed E-state index contributed by atoms with van der Waals surface area (Å²) in [5, 5.41) is 5.13. The molecule has 148 valence electrons. The average Bonchev–Trinajstić information content (AvgIpc) is 3.16. The quantitative estimate of drug-likeness (QED) is 0.473. The van der Waals surface area contributed by atoms with Gasteiger partial charge >= 0.3 is 0 Å². The molecule has 0 aliphatic heterocycles. The highest BCUT2D eigenvalue weighted by molar-refractivity contribution is 7.93. The molecule has 5 nitrogen and oxygen atoms in total. The molecule has 0 saturated carbocycles. The van der Waals surface area contributed by atoms with Crippen LogP contribution >= 0.6 is 22.9 Å². The van der Waals surface area contributed by atoms with Crippen LogP contribution in [0.1, 0.15) is 31.4 Å². The van der Waals surface area contributed by atoms with E-state index in [0.717, 1.165) is 41.9 Å². The van der Waals surface area contributed by atoms with E-state index in [-0.39, 0.29) is 16.2 Å². The Hall–Kier alpha value is -2.16. The summed E-state index contributed by atoms with van der Waals surface area (Å²) in [6, 6.07) is 11.9. The first-order valence-electron chi connectivity index (χ1n) is 8.63. The molecule has 0 fully saturated rings. The monoisotopic (exact) mass is 439 g/mol. The summed E-state index contributed by atoms with van der Waals surface area (Å²) in [7, 11) is -4.13. The lowest BCUT2D eigenvalue weighted by Crippen LogP contribution is -2.16. The zero-order valence-electron chi connectivity index (χ0n) is 15.0. The van der Waals surface area contributed by atoms with Crippen molar-refractivity contribution in [3.8, 4) is 0 Å². The smallest absolute Gasteiger partial charge is 0.266 e. The van der Waals surface area contributed by atoms with Crippen molar-refractivity contribution < 1.29 is 12.8 Å². The zero-order chi connectivity index (χ0) is 20.1. The van der Waals surface area contributed by atoms with E-state index < -0.39 is 20.7 Å². The van der Waals surface area contributed by atoms with E-state index in [2.05, 4.69) is 21.9 Å². The van der Waals surface area contributed by atoms with Crippen LogP contribution in [0.15, 0.2) is 58.9 Å². The van der Waals surface area contributed by atoms with Crippen molar-refractivity contribution >= 4 is 43.8 Å². The van der Waals surface area contributed by atoms with Crippen LogP contribution in [-0.2, 0) is 10.0 Å². The van der Waals surface area contributed by atoms with Crippen LogP contribution in [0.2, 0.25) is 5.02 Å². The van der Waals surface area contributed by atoms with Gasteiger partial charge in [-0.2, -0.15) is 0 Å². The zero-order valence-corrected chi connectivity index (χ0v) is 17.4. The number of rotatable bonds is 8. The topological polar surface area (TPSA) is 71.1 Å². The van der Waals surface area contributed by atoms with Crippen LogP contribution in [0.25, 0.3) is 0 Å². The molecule has 1 aromatic heterocycles. The summed E-state index contributed by atoms with van der Waals surface area (Å²) in [5.74, 6) is -0.890. The number of nitrogens with one attached hydrogen (secondary N) is 2. The maximum Gasteiger partial charge on any atom is 0.266 e. The number of halogens is 2. The van der Waals surface area contributed by atoms with Crippen LogP contribution in [0.4, 0.5) is 15.2 Å². The number of benzene rings is 2. The van der Waals surface area contributed by atoms with E-state index in [9.17, 15) is 12.8 Å². The molecular formula is C19H19ClFN3O2S2. The molecule has 28 heavy (non-hydrogen) atoms. The predicted molar refractivity (Wildman–Crippen MR) is 112 cm³/mol. The third-order valence-electron chi connectivity index (χ3n) is 4.07. The van der Waals surface area contributed by atoms with Crippen molar-refractivity contribution in [2.24, 2.45) is 0 Å². The molecule has 1 heterocycles. The molecule has 0 amide bonds. The molecule has 0 radical (unpaired) electrons. The highest BCUT2D eigenvalue weighted by Crippen LogP contribution is 2.33. The highest BCUT2D eigenvalue weighted by atomic mass is 35.5. The van der Waals surface area contributed by atoms with E-state index >= 15 is 0 Å². The third-order valence-corrected chi connectivity index (χ3v) is 6.56. The van der Waals surface area contributed by atoms with E-state index in [0.29, 0.717) is 5.69 Å². The number of sulfonamides is 1. The molecule has 9 heteroatoms. The second-order valence-corrected chi connectivity index (χ2v) is 9.05. The Labute approximate surface area is 172 Å². The standard InChI is InChI=1S/C19H19ClFN3O2S2/c1-2-6-16(13-7-4-3-5-8-13)23-17-12-15(21)18(11-14(17)20)28(25,26)24-19-22-9-10-27-19/h3-5,7-12,16,23H,2,6H2,1H3,(H,22,24). The van der Waals surface area contributed by atoms with Gasteiger partial charge in [-0.25, -0.2) is 17.8 Å². The van der Waals surface area contributed by atoms with Gasteiger partial charge < -0.3 is 5.32 Å². The Bertz CT molecular complexity index is 1030. The average molecular weight is 440 g/mol. The van der Waals surface area contributed by atoms with E-state index in [4.69, 9.17) is 11.6 Å². The first-order chi connectivity index (χ1) is 13.4. The summed E-state index contributed by atoms with van der Waals surface area (Å²) in [6.07, 6.45) is 3.18. The molecule has 1 unspecified atom stereocenters. The van der Waals surface area contributed by atoms with Gasteiger partial charge in [0.15, 0.2) is 5.13 Å². The lowest BCUT2D eigenvalue weighted by Gasteiger charge is -2.21. The Morgan fingerprint density at radius 2 is 2.00 bits per heavy atom. The fourth-order valence-electron chi connectivity index (χ4n) is 2.77. The predicted octanol–water partition coefficient (Wildman–Crippen LogP) is 5.69. The second kappa shape index (κ2) is 8.89. The van der Waals surface area contributed by atoms with Crippen molar-refractivity contribution in [2.75, 3.05) is 10.0 Å².